The van der Waals surface area contributed by atoms with E-state index in [0.717, 1.165) is 17.1 Å². The number of carbonyl (C=O) groups excluding carboxylic acids is 6. The van der Waals surface area contributed by atoms with Crippen LogP contribution in [0.25, 0.3) is 0 Å². The Kier molecular flexibility index (Phi) is 17.3. The van der Waals surface area contributed by atoms with Crippen molar-refractivity contribution in [2.75, 3.05) is 5.75 Å². The number of carboxylic acid groups (broad SMARTS) is 1. The van der Waals surface area contributed by atoms with Crippen LogP contribution in [0, 0.1) is 17.3 Å². The number of carboxylic acids is 1. The minimum Gasteiger partial charge on any atom is -0.479 e. The van der Waals surface area contributed by atoms with Gasteiger partial charge in [-0.25, -0.2) is 4.79 Å². The first-order chi connectivity index (χ1) is 29.8. The van der Waals surface area contributed by atoms with Gasteiger partial charge >= 0.3 is 11.9 Å². The predicted octanol–water partition coefficient (Wildman–Crippen LogP) is 0.417. The maximum Gasteiger partial charge on any atom is 0.335 e. The quantitative estimate of drug-likeness (QED) is 0.0529. The molecule has 21 nitrogen and oxygen atoms in total. The van der Waals surface area contributed by atoms with Gasteiger partial charge in [0.2, 0.25) is 5.91 Å². The SMILES string of the molecule is CC(C)[C@H](CC(=O)C[C@H](c1cn(CCCS(=O)(=O)O)nn1)N1C(=O)C=CC1=O)C(=O)N[C@@H](C)C(=O)Cc1ccc(COC(=O)C(C)(C)C)c(CC[C@@H]2O[C@H](C(=O)O)[C@@H](O)[C@H](O)[C@H]2O)c1. The minimum absolute atomic E-state index is 0.0109. The van der Waals surface area contributed by atoms with E-state index in [-0.39, 0.29) is 50.9 Å². The van der Waals surface area contributed by atoms with Gasteiger partial charge in [-0.05, 0) is 69.6 Å². The van der Waals surface area contributed by atoms with Crippen LogP contribution in [0.1, 0.15) is 95.7 Å². The number of Topliss-reactive ketones (excluding diaryl/α,β-unsaturated/α-hetero) is 2. The number of carbonyl (C=O) groups is 7. The molecule has 1 saturated heterocycles. The monoisotopic (exact) mass is 919 g/mol. The lowest BCUT2D eigenvalue weighted by Gasteiger charge is -2.39. The van der Waals surface area contributed by atoms with Crippen LogP contribution in [0.4, 0.5) is 0 Å². The van der Waals surface area contributed by atoms with Crippen LogP contribution in [-0.2, 0) is 79.1 Å². The van der Waals surface area contributed by atoms with E-state index < -0.39 is 123 Å². The number of aliphatic hydroxyl groups excluding tert-OH is 3. The van der Waals surface area contributed by atoms with Crippen molar-refractivity contribution in [1.82, 2.24) is 25.2 Å². The fourth-order valence-corrected chi connectivity index (χ4v) is 7.67. The number of rotatable bonds is 22. The lowest BCUT2D eigenvalue weighted by Crippen LogP contribution is -2.59. The third-order valence-corrected chi connectivity index (χ3v) is 11.8. The van der Waals surface area contributed by atoms with Crippen LogP contribution in [-0.4, -0.2) is 137 Å². The molecule has 1 aromatic carbocycles. The fraction of sp³-hybridized carbons (Fsp3) is 0.595. The largest absolute Gasteiger partial charge is 0.479 e. The number of amides is 3. The number of aromatic nitrogens is 3. The van der Waals surface area contributed by atoms with Crippen molar-refractivity contribution in [1.29, 1.82) is 0 Å². The number of aliphatic carboxylic acids is 1. The number of ketones is 2. The number of benzene rings is 1. The molecule has 1 aromatic heterocycles. The van der Waals surface area contributed by atoms with E-state index in [4.69, 9.17) is 14.0 Å². The summed E-state index contributed by atoms with van der Waals surface area (Å²) in [4.78, 5) is 91.4. The number of hydrogen-bond acceptors (Lipinski definition) is 16. The lowest BCUT2D eigenvalue weighted by atomic mass is 9.87. The molecule has 0 saturated carbocycles. The first kappa shape index (κ1) is 51.4. The molecule has 22 heteroatoms. The lowest BCUT2D eigenvalue weighted by molar-refractivity contribution is -0.228. The zero-order valence-corrected chi connectivity index (χ0v) is 37.3. The van der Waals surface area contributed by atoms with Crippen LogP contribution < -0.4 is 5.32 Å². The molecule has 2 aliphatic heterocycles. The second kappa shape index (κ2) is 21.6. The Morgan fingerprint density at radius 3 is 2.20 bits per heavy atom. The van der Waals surface area contributed by atoms with Crippen molar-refractivity contribution in [2.45, 2.75) is 136 Å². The van der Waals surface area contributed by atoms with Crippen LogP contribution >= 0.6 is 0 Å². The summed E-state index contributed by atoms with van der Waals surface area (Å²) in [5, 5.41) is 51.1. The van der Waals surface area contributed by atoms with Gasteiger partial charge in [0.05, 0.1) is 35.6 Å². The molecule has 8 atom stereocenters. The van der Waals surface area contributed by atoms with Gasteiger partial charge in [0.1, 0.15) is 36.4 Å². The summed E-state index contributed by atoms with van der Waals surface area (Å²) in [6, 6.07) is 2.69. The molecule has 3 amide bonds. The molecule has 6 N–H and O–H groups in total. The standard InChI is InChI=1S/C42H57N5O16S/c1-22(2)28(18-27(48)19-30(47-33(50)12-13-34(47)51)29-20-46(45-44-29)14-7-15-64(59,60)61)39(55)43-23(3)31(49)17-24-8-9-26(21-62-41(58)42(4,5)6)25(16-24)10-11-32-35(52)36(53)37(54)38(63-32)40(56)57/h8-9,12-13,16,20,22-23,28,30,32,35-38,52-54H,7,10-11,14-15,17-19,21H2,1-6H3,(H,43,55)(H,56,57)(H,59,60,61)/t23-,28-,30+,32-,35-,36+,37-,38-/m0/s1. The summed E-state index contributed by atoms with van der Waals surface area (Å²) in [6.45, 7) is 9.80. The number of ether oxygens (including phenoxy) is 2. The third kappa shape index (κ3) is 13.9. The molecule has 1 fully saturated rings. The Morgan fingerprint density at radius 1 is 0.953 bits per heavy atom. The third-order valence-electron chi connectivity index (χ3n) is 11.0. The Hall–Kier alpha value is -5.26. The molecular formula is C42H57N5O16S. The molecule has 0 bridgehead atoms. The molecular weight excluding hydrogens is 863 g/mol. The first-order valence-corrected chi connectivity index (χ1v) is 22.3. The predicted molar refractivity (Wildman–Crippen MR) is 222 cm³/mol. The number of aliphatic hydroxyl groups is 3. The van der Waals surface area contributed by atoms with Crippen molar-refractivity contribution >= 4 is 51.3 Å². The Balaban J connectivity index is 1.45. The summed E-state index contributed by atoms with van der Waals surface area (Å²) < 4.78 is 43.5. The molecule has 0 radical (unpaired) electrons. The Labute approximate surface area is 369 Å². The molecule has 352 valence electrons. The van der Waals surface area contributed by atoms with E-state index in [1.54, 1.807) is 52.8 Å². The van der Waals surface area contributed by atoms with E-state index in [2.05, 4.69) is 15.6 Å². The van der Waals surface area contributed by atoms with Crippen molar-refractivity contribution in [3.05, 3.63) is 58.9 Å². The zero-order chi connectivity index (χ0) is 47.8. The highest BCUT2D eigenvalue weighted by atomic mass is 32.2. The van der Waals surface area contributed by atoms with Crippen molar-refractivity contribution < 1.29 is 76.4 Å². The summed E-state index contributed by atoms with van der Waals surface area (Å²) in [5.41, 5.74) is 0.833. The summed E-state index contributed by atoms with van der Waals surface area (Å²) in [5.74, 6) is -6.84. The van der Waals surface area contributed by atoms with E-state index >= 15 is 0 Å². The van der Waals surface area contributed by atoms with Crippen LogP contribution in [0.2, 0.25) is 0 Å². The number of hydrogen-bond donors (Lipinski definition) is 6. The molecule has 64 heavy (non-hydrogen) atoms. The van der Waals surface area contributed by atoms with Gasteiger partial charge in [0.25, 0.3) is 21.9 Å². The van der Waals surface area contributed by atoms with E-state index in [0.29, 0.717) is 16.7 Å². The number of nitrogens with one attached hydrogen (secondary N) is 1. The molecule has 2 aromatic rings. The van der Waals surface area contributed by atoms with Gasteiger partial charge in [-0.1, -0.05) is 37.3 Å². The van der Waals surface area contributed by atoms with Crippen LogP contribution in [0.3, 0.4) is 0 Å². The minimum atomic E-state index is -4.23. The summed E-state index contributed by atoms with van der Waals surface area (Å²) in [7, 11) is -4.23. The van der Waals surface area contributed by atoms with E-state index in [1.807, 2.05) is 0 Å². The Bertz CT molecular complexity index is 2200. The van der Waals surface area contributed by atoms with E-state index in [1.165, 1.54) is 17.8 Å². The zero-order valence-electron chi connectivity index (χ0n) is 36.4. The summed E-state index contributed by atoms with van der Waals surface area (Å²) in [6.07, 6.45) is -5.75. The highest BCUT2D eigenvalue weighted by Gasteiger charge is 2.46. The fourth-order valence-electron chi connectivity index (χ4n) is 7.18. The van der Waals surface area contributed by atoms with Gasteiger partial charge < -0.3 is 35.2 Å². The average molecular weight is 920 g/mol. The number of imide groups is 1. The maximum absolute atomic E-state index is 13.7. The maximum atomic E-state index is 13.7. The highest BCUT2D eigenvalue weighted by molar-refractivity contribution is 7.85. The average Bonchev–Trinajstić information content (AvgIpc) is 3.81. The van der Waals surface area contributed by atoms with E-state index in [9.17, 15) is 62.4 Å². The molecule has 4 rings (SSSR count). The molecule has 0 spiro atoms. The second-order valence-corrected chi connectivity index (χ2v) is 19.1. The molecule has 2 aliphatic rings. The first-order valence-electron chi connectivity index (χ1n) is 20.7. The highest BCUT2D eigenvalue weighted by Crippen LogP contribution is 2.30. The number of esters is 1. The molecule has 3 heterocycles. The number of aryl methyl sites for hydroxylation is 2. The van der Waals surface area contributed by atoms with Crippen molar-refractivity contribution in [2.24, 2.45) is 17.3 Å². The second-order valence-electron chi connectivity index (χ2n) is 17.5. The topological polar surface area (TPSA) is 319 Å². The van der Waals surface area contributed by atoms with Gasteiger partial charge in [-0.15, -0.1) is 5.10 Å². The molecule has 0 aliphatic carbocycles. The Morgan fingerprint density at radius 2 is 1.61 bits per heavy atom. The smallest absolute Gasteiger partial charge is 0.335 e. The van der Waals surface area contributed by atoms with Crippen molar-refractivity contribution in [3.8, 4) is 0 Å². The van der Waals surface area contributed by atoms with Crippen LogP contribution in [0.5, 0.6) is 0 Å². The van der Waals surface area contributed by atoms with Gasteiger partial charge in [0.15, 0.2) is 11.9 Å². The van der Waals surface area contributed by atoms with Gasteiger partial charge in [0, 0.05) is 43.9 Å². The van der Waals surface area contributed by atoms with Gasteiger partial charge in [-0.3, -0.25) is 42.9 Å². The summed E-state index contributed by atoms with van der Waals surface area (Å²) >= 11 is 0. The van der Waals surface area contributed by atoms with Crippen LogP contribution in [0.15, 0.2) is 36.5 Å². The number of nitrogens with zero attached hydrogens (tertiary/aromatic N) is 4. The molecule has 0 unspecified atom stereocenters. The van der Waals surface area contributed by atoms with Crippen molar-refractivity contribution in [3.63, 3.8) is 0 Å². The normalized spacial score (nSPS) is 21.7. The van der Waals surface area contributed by atoms with Gasteiger partial charge in [-0.2, -0.15) is 8.42 Å².